The van der Waals surface area contributed by atoms with E-state index < -0.39 is 61.2 Å². The molecule has 44 heavy (non-hydrogen) atoms. The van der Waals surface area contributed by atoms with Gasteiger partial charge in [-0.1, -0.05) is 0 Å². The highest BCUT2D eigenvalue weighted by Crippen LogP contribution is 2.44. The van der Waals surface area contributed by atoms with Gasteiger partial charge in [0.05, 0.1) is 31.5 Å². The summed E-state index contributed by atoms with van der Waals surface area (Å²) in [6.07, 6.45) is -7.06. The lowest BCUT2D eigenvalue weighted by atomic mass is 9.78. The quantitative estimate of drug-likeness (QED) is 0.0652. The number of hydrogen-bond acceptors (Lipinski definition) is 13. The van der Waals surface area contributed by atoms with Gasteiger partial charge in [0.1, 0.15) is 41.7 Å². The van der Waals surface area contributed by atoms with Gasteiger partial charge in [0, 0.05) is 48.5 Å². The molecule has 15 heteroatoms. The van der Waals surface area contributed by atoms with E-state index in [9.17, 15) is 45.3 Å². The Hall–Kier alpha value is -3.83. The lowest BCUT2D eigenvalue weighted by molar-refractivity contribution is -0.277. The molecule has 1 aliphatic carbocycles. The van der Waals surface area contributed by atoms with E-state index in [2.05, 4.69) is 10.3 Å². The molecule has 10 N–H and O–H groups in total. The molecule has 4 rings (SSSR count). The first kappa shape index (κ1) is 33.1. The maximum atomic E-state index is 14.2. The summed E-state index contributed by atoms with van der Waals surface area (Å²) in [5.41, 5.74) is 5.41. The number of nitrogens with zero attached hydrogens (tertiary/aromatic N) is 1. The van der Waals surface area contributed by atoms with Gasteiger partial charge >= 0.3 is 0 Å². The number of rotatable bonds is 11. The van der Waals surface area contributed by atoms with Crippen molar-refractivity contribution in [1.29, 1.82) is 0 Å². The van der Waals surface area contributed by atoms with Gasteiger partial charge in [0.2, 0.25) is 12.1 Å². The Morgan fingerprint density at radius 2 is 1.70 bits per heavy atom. The minimum atomic E-state index is -1.84. The number of unbranched alkanes of at least 4 members (excludes halogenated alkanes) is 1. The van der Waals surface area contributed by atoms with Crippen LogP contribution < -0.4 is 20.5 Å². The Labute approximate surface area is 252 Å². The van der Waals surface area contributed by atoms with E-state index in [1.807, 2.05) is 0 Å². The van der Waals surface area contributed by atoms with Crippen LogP contribution in [0, 0.1) is 0 Å². The number of aromatic hydroxyl groups is 1. The van der Waals surface area contributed by atoms with Crippen LogP contribution in [0.1, 0.15) is 61.4 Å². The molecule has 2 aromatic rings. The molecule has 1 saturated heterocycles. The molecular weight excluding hydrogens is 582 g/mol. The van der Waals surface area contributed by atoms with Crippen LogP contribution in [0.5, 0.6) is 17.2 Å². The molecule has 0 amide bonds. The van der Waals surface area contributed by atoms with E-state index in [1.54, 1.807) is 0 Å². The summed E-state index contributed by atoms with van der Waals surface area (Å²) in [5.74, 6) is -2.42. The van der Waals surface area contributed by atoms with Crippen molar-refractivity contribution in [3.63, 3.8) is 0 Å². The molecule has 5 atom stereocenters. The number of aliphatic hydroxyl groups is 6. The molecule has 1 aliphatic heterocycles. The van der Waals surface area contributed by atoms with Crippen molar-refractivity contribution in [2.24, 2.45) is 10.7 Å². The number of fused-ring (bicyclic) bond motifs is 2. The van der Waals surface area contributed by atoms with Crippen LogP contribution in [-0.4, -0.2) is 111 Å². The highest BCUT2D eigenvalue weighted by molar-refractivity contribution is 6.31. The molecule has 2 aliphatic rings. The third-order valence-electron chi connectivity index (χ3n) is 7.79. The number of guanidine groups is 1. The van der Waals surface area contributed by atoms with Crippen LogP contribution >= 0.6 is 0 Å². The molecule has 15 nitrogen and oxygen atoms in total. The van der Waals surface area contributed by atoms with Gasteiger partial charge in [-0.15, -0.1) is 0 Å². The zero-order chi connectivity index (χ0) is 32.3. The van der Waals surface area contributed by atoms with E-state index >= 15 is 0 Å². The van der Waals surface area contributed by atoms with Gasteiger partial charge < -0.3 is 61.0 Å². The molecule has 1 heterocycles. The number of phenolic OH excluding ortho intramolecular Hbond substituents is 1. The largest absolute Gasteiger partial charge is 0.507 e. The fraction of sp³-hybridized carbons (Fsp3) is 0.483. The smallest absolute Gasteiger partial charge is 0.229 e. The third kappa shape index (κ3) is 5.95. The predicted molar refractivity (Wildman–Crippen MR) is 153 cm³/mol. The maximum Gasteiger partial charge on any atom is 0.229 e. The highest BCUT2D eigenvalue weighted by atomic mass is 16.7. The second kappa shape index (κ2) is 13.9. The number of nitrogens with one attached hydrogen (secondary N) is 1. The fourth-order valence-corrected chi connectivity index (χ4v) is 5.41. The number of ketones is 2. The average molecular weight is 620 g/mol. The predicted octanol–water partition coefficient (Wildman–Crippen LogP) is -1.80. The molecular formula is C29H37N3O12. The standard InChI is InChI=1S/C29H37N3O12/c1-31-29(30)32-9-14-12(5-3-4-6-33)7-13-20(23(14)37)25(39)21-17(8-16(42-2)15(10-34)19(21)22(13)36)43-28-27(41)26(40)24(38)18(11-35)44-28/h7-8,18,24,26-28,33-35,37-38,40-41H,3-6,9-11H2,1-2H3,(H3,30,31,32)/t18-,24-,26+,27-,28+/m1/s1. The molecule has 240 valence electrons. The Kier molecular flexibility index (Phi) is 10.4. The Balaban J connectivity index is 1.90. The maximum absolute atomic E-state index is 14.2. The van der Waals surface area contributed by atoms with E-state index in [4.69, 9.17) is 19.9 Å². The van der Waals surface area contributed by atoms with Crippen LogP contribution in [0.25, 0.3) is 0 Å². The zero-order valence-corrected chi connectivity index (χ0v) is 24.2. The minimum absolute atomic E-state index is 0.0355. The van der Waals surface area contributed by atoms with Gasteiger partial charge in [0.25, 0.3) is 0 Å². The zero-order valence-electron chi connectivity index (χ0n) is 24.2. The molecule has 2 aromatic carbocycles. The minimum Gasteiger partial charge on any atom is -0.507 e. The number of aliphatic hydroxyl groups excluding tert-OH is 6. The van der Waals surface area contributed by atoms with Crippen molar-refractivity contribution in [2.45, 2.75) is 63.1 Å². The van der Waals surface area contributed by atoms with Gasteiger partial charge in [-0.3, -0.25) is 14.6 Å². The second-order valence-electron chi connectivity index (χ2n) is 10.4. The summed E-state index contributed by atoms with van der Waals surface area (Å²) in [7, 11) is 2.72. The number of hydrogen-bond donors (Lipinski definition) is 9. The SMILES string of the molecule is CN=C(N)NCc1c(CCCCO)cc2c(c1O)C(=O)c1c(O[C@H]3O[C@H](CO)[C@@H](O)[C@H](O)[C@H]3O)cc(OC)c(CO)c1C2=O. The van der Waals surface area contributed by atoms with Crippen LogP contribution in [-0.2, 0) is 24.3 Å². The van der Waals surface area contributed by atoms with Crippen molar-refractivity contribution in [2.75, 3.05) is 27.4 Å². The normalized spacial score (nSPS) is 23.3. The van der Waals surface area contributed by atoms with Crippen molar-refractivity contribution in [3.8, 4) is 17.2 Å². The molecule has 0 aromatic heterocycles. The Morgan fingerprint density at radius 3 is 2.32 bits per heavy atom. The van der Waals surface area contributed by atoms with Gasteiger partial charge in [0.15, 0.2) is 11.7 Å². The van der Waals surface area contributed by atoms with Crippen LogP contribution in [0.2, 0.25) is 0 Å². The number of benzene rings is 2. The fourth-order valence-electron chi connectivity index (χ4n) is 5.41. The summed E-state index contributed by atoms with van der Waals surface area (Å²) in [4.78, 5) is 32.1. The number of carbonyl (C=O) groups excluding carboxylic acids is 2. The van der Waals surface area contributed by atoms with Crippen LogP contribution in [0.3, 0.4) is 0 Å². The molecule has 0 spiro atoms. The molecule has 0 unspecified atom stereocenters. The summed E-state index contributed by atoms with van der Waals surface area (Å²) >= 11 is 0. The number of aryl methyl sites for hydroxylation is 1. The number of carbonyl (C=O) groups is 2. The lowest BCUT2D eigenvalue weighted by Gasteiger charge is -2.40. The first-order valence-corrected chi connectivity index (χ1v) is 13.9. The van der Waals surface area contributed by atoms with Crippen molar-refractivity contribution >= 4 is 17.5 Å². The second-order valence-corrected chi connectivity index (χ2v) is 10.4. The van der Waals surface area contributed by atoms with E-state index in [1.165, 1.54) is 26.3 Å². The van der Waals surface area contributed by atoms with E-state index in [0.717, 1.165) is 0 Å². The van der Waals surface area contributed by atoms with Crippen LogP contribution in [0.15, 0.2) is 17.1 Å². The van der Waals surface area contributed by atoms with Crippen molar-refractivity contribution in [1.82, 2.24) is 5.32 Å². The number of methoxy groups -OCH3 is 1. The van der Waals surface area contributed by atoms with E-state index in [0.29, 0.717) is 24.8 Å². The first-order chi connectivity index (χ1) is 21.0. The highest BCUT2D eigenvalue weighted by Gasteiger charge is 2.46. The monoisotopic (exact) mass is 619 g/mol. The number of nitrogens with two attached hydrogens (primary N) is 1. The summed E-state index contributed by atoms with van der Waals surface area (Å²) in [6.45, 7) is -1.57. The molecule has 1 fully saturated rings. The topological polar surface area (TPSA) is 254 Å². The summed E-state index contributed by atoms with van der Waals surface area (Å²) in [5, 5.41) is 74.4. The van der Waals surface area contributed by atoms with E-state index in [-0.39, 0.29) is 64.0 Å². The number of ether oxygens (including phenoxy) is 3. The van der Waals surface area contributed by atoms with Gasteiger partial charge in [-0.2, -0.15) is 0 Å². The first-order valence-electron chi connectivity index (χ1n) is 13.9. The average Bonchev–Trinajstić information content (AvgIpc) is 3.02. The van der Waals surface area contributed by atoms with Gasteiger partial charge in [-0.05, 0) is 30.9 Å². The molecule has 0 bridgehead atoms. The summed E-state index contributed by atoms with van der Waals surface area (Å²) in [6, 6.07) is 2.66. The Bertz CT molecular complexity index is 1440. The third-order valence-corrected chi connectivity index (χ3v) is 7.79. The molecule has 0 saturated carbocycles. The molecule has 0 radical (unpaired) electrons. The summed E-state index contributed by atoms with van der Waals surface area (Å²) < 4.78 is 16.6. The van der Waals surface area contributed by atoms with Crippen molar-refractivity contribution < 1.29 is 59.5 Å². The number of aliphatic imine (C=N–C) groups is 1. The number of phenols is 1. The van der Waals surface area contributed by atoms with Crippen LogP contribution in [0.4, 0.5) is 0 Å². The van der Waals surface area contributed by atoms with Gasteiger partial charge in [-0.25, -0.2) is 0 Å². The lowest BCUT2D eigenvalue weighted by Crippen LogP contribution is -2.60. The van der Waals surface area contributed by atoms with Crippen molar-refractivity contribution in [3.05, 3.63) is 51.1 Å². The Morgan fingerprint density at radius 1 is 0.977 bits per heavy atom.